The van der Waals surface area contributed by atoms with Crippen LogP contribution in [0.2, 0.25) is 0 Å². The molecule has 0 saturated carbocycles. The molecule has 0 amide bonds. The van der Waals surface area contributed by atoms with Crippen molar-refractivity contribution in [2.45, 2.75) is 13.1 Å². The van der Waals surface area contributed by atoms with Crippen LogP contribution in [-0.2, 0) is 22.6 Å². The van der Waals surface area contributed by atoms with Gasteiger partial charge in [0.2, 0.25) is 0 Å². The van der Waals surface area contributed by atoms with Crippen LogP contribution in [0.3, 0.4) is 0 Å². The first-order chi connectivity index (χ1) is 15.0. The predicted octanol–water partition coefficient (Wildman–Crippen LogP) is 4.02. The van der Waals surface area contributed by atoms with E-state index in [0.717, 1.165) is 11.1 Å². The first kappa shape index (κ1) is 21.9. The van der Waals surface area contributed by atoms with Crippen LogP contribution < -0.4 is 0 Å². The zero-order valence-electron chi connectivity index (χ0n) is 16.8. The van der Waals surface area contributed by atoms with Gasteiger partial charge in [0.05, 0.1) is 11.5 Å². The molecule has 0 aliphatic rings. The van der Waals surface area contributed by atoms with E-state index in [0.29, 0.717) is 13.1 Å². The smallest absolute Gasteiger partial charge is 0.320 e. The summed E-state index contributed by atoms with van der Waals surface area (Å²) in [4.78, 5) is 36.8. The maximum atomic E-state index is 12.4. The average molecular weight is 418 g/mol. The number of carbonyl (C=O) groups excluding carboxylic acids is 2. The molecule has 31 heavy (non-hydrogen) atoms. The maximum Gasteiger partial charge on any atom is 0.320 e. The number of esters is 1. The van der Waals surface area contributed by atoms with Crippen molar-refractivity contribution in [3.05, 3.63) is 112 Å². The second-order valence-corrected chi connectivity index (χ2v) is 7.00. The Kier molecular flexibility index (Phi) is 7.61. The molecule has 0 radical (unpaired) electrons. The molecule has 0 atom stereocenters. The molecule has 158 valence electrons. The average Bonchev–Trinajstić information content (AvgIpc) is 2.79. The molecule has 0 heterocycles. The van der Waals surface area contributed by atoms with Gasteiger partial charge in [-0.3, -0.25) is 24.6 Å². The largest absolute Gasteiger partial charge is 0.456 e. The fourth-order valence-corrected chi connectivity index (χ4v) is 3.08. The highest BCUT2D eigenvalue weighted by Gasteiger charge is 2.16. The topological polar surface area (TPSA) is 89.8 Å². The Morgan fingerprint density at radius 2 is 1.32 bits per heavy atom. The van der Waals surface area contributed by atoms with E-state index in [1.54, 1.807) is 0 Å². The Bertz CT molecular complexity index is 979. The van der Waals surface area contributed by atoms with Crippen LogP contribution in [0.1, 0.15) is 21.5 Å². The Balaban J connectivity index is 1.58. The molecular weight excluding hydrogens is 396 g/mol. The van der Waals surface area contributed by atoms with E-state index in [1.165, 1.54) is 24.3 Å². The summed E-state index contributed by atoms with van der Waals surface area (Å²) in [5.41, 5.74) is 2.27. The lowest BCUT2D eigenvalue weighted by Gasteiger charge is -2.21. The molecule has 0 spiro atoms. The van der Waals surface area contributed by atoms with E-state index in [2.05, 4.69) is 0 Å². The summed E-state index contributed by atoms with van der Waals surface area (Å²) in [6, 6.07) is 24.8. The van der Waals surface area contributed by atoms with E-state index < -0.39 is 23.3 Å². The molecule has 3 aromatic carbocycles. The van der Waals surface area contributed by atoms with E-state index >= 15 is 0 Å². The summed E-state index contributed by atoms with van der Waals surface area (Å²) in [6.07, 6.45) is 0. The molecule has 0 N–H and O–H groups in total. The number of hydrogen-bond donors (Lipinski definition) is 0. The van der Waals surface area contributed by atoms with E-state index in [1.807, 2.05) is 65.6 Å². The molecule has 0 saturated heterocycles. The van der Waals surface area contributed by atoms with Gasteiger partial charge in [-0.25, -0.2) is 0 Å². The summed E-state index contributed by atoms with van der Waals surface area (Å²) >= 11 is 0. The maximum absolute atomic E-state index is 12.4. The van der Waals surface area contributed by atoms with Crippen LogP contribution in [0, 0.1) is 10.1 Å². The van der Waals surface area contributed by atoms with Gasteiger partial charge in [-0.05, 0) is 23.3 Å². The van der Waals surface area contributed by atoms with Gasteiger partial charge in [-0.15, -0.1) is 0 Å². The van der Waals surface area contributed by atoms with Crippen molar-refractivity contribution >= 4 is 17.4 Å². The van der Waals surface area contributed by atoms with Crippen LogP contribution in [0.15, 0.2) is 84.9 Å². The first-order valence-electron chi connectivity index (χ1n) is 9.75. The van der Waals surface area contributed by atoms with Crippen molar-refractivity contribution in [2.24, 2.45) is 0 Å². The van der Waals surface area contributed by atoms with Crippen LogP contribution >= 0.6 is 0 Å². The van der Waals surface area contributed by atoms with E-state index in [-0.39, 0.29) is 17.8 Å². The highest BCUT2D eigenvalue weighted by molar-refractivity contribution is 5.98. The van der Waals surface area contributed by atoms with Crippen LogP contribution in [-0.4, -0.2) is 34.7 Å². The van der Waals surface area contributed by atoms with Crippen molar-refractivity contribution in [1.29, 1.82) is 0 Å². The molecule has 0 aliphatic carbocycles. The van der Waals surface area contributed by atoms with Crippen molar-refractivity contribution < 1.29 is 19.2 Å². The first-order valence-corrected chi connectivity index (χ1v) is 9.75. The Morgan fingerprint density at radius 3 is 1.81 bits per heavy atom. The highest BCUT2D eigenvalue weighted by atomic mass is 16.6. The molecule has 0 aliphatic heterocycles. The Hall–Kier alpha value is -3.84. The number of nitro groups is 1. The van der Waals surface area contributed by atoms with E-state index in [4.69, 9.17) is 4.74 Å². The number of ketones is 1. The normalized spacial score (nSPS) is 10.6. The SMILES string of the molecule is O=C(CN(Cc1ccccc1)Cc1ccccc1)OCC(=O)c1ccc([N+](=O)[O-])cc1. The number of nitrogens with zero attached hydrogens (tertiary/aromatic N) is 2. The lowest BCUT2D eigenvalue weighted by Crippen LogP contribution is -2.31. The van der Waals surface area contributed by atoms with Crippen molar-refractivity contribution in [1.82, 2.24) is 4.90 Å². The molecule has 7 nitrogen and oxygen atoms in total. The van der Waals surface area contributed by atoms with Gasteiger partial charge in [0, 0.05) is 30.8 Å². The lowest BCUT2D eigenvalue weighted by molar-refractivity contribution is -0.384. The zero-order valence-corrected chi connectivity index (χ0v) is 16.8. The Morgan fingerprint density at radius 1 is 0.806 bits per heavy atom. The Labute approximate surface area is 180 Å². The minimum absolute atomic E-state index is 0.0251. The van der Waals surface area contributed by atoms with Crippen LogP contribution in [0.25, 0.3) is 0 Å². The van der Waals surface area contributed by atoms with Gasteiger partial charge in [0.25, 0.3) is 5.69 Å². The standard InChI is InChI=1S/C24H22N2O5/c27-23(21-11-13-22(14-12-21)26(29)30)18-31-24(28)17-25(15-19-7-3-1-4-8-19)16-20-9-5-2-6-10-20/h1-14H,15-18H2. The van der Waals surface area contributed by atoms with E-state index in [9.17, 15) is 19.7 Å². The number of ether oxygens (including phenoxy) is 1. The zero-order chi connectivity index (χ0) is 22.1. The summed E-state index contributed by atoms with van der Waals surface area (Å²) < 4.78 is 5.18. The second-order valence-electron chi connectivity index (χ2n) is 7.00. The van der Waals surface area contributed by atoms with Crippen LogP contribution in [0.4, 0.5) is 5.69 Å². The summed E-state index contributed by atoms with van der Waals surface area (Å²) in [5.74, 6) is -0.928. The molecule has 3 rings (SSSR count). The number of rotatable bonds is 10. The van der Waals surface area contributed by atoms with Gasteiger partial charge in [0.15, 0.2) is 12.4 Å². The predicted molar refractivity (Wildman–Crippen MR) is 115 cm³/mol. The number of non-ortho nitro benzene ring substituents is 1. The molecule has 0 bridgehead atoms. The molecule has 0 fully saturated rings. The monoisotopic (exact) mass is 418 g/mol. The molecular formula is C24H22N2O5. The van der Waals surface area contributed by atoms with Gasteiger partial charge in [-0.1, -0.05) is 60.7 Å². The van der Waals surface area contributed by atoms with Crippen molar-refractivity contribution in [2.75, 3.05) is 13.2 Å². The lowest BCUT2D eigenvalue weighted by atomic mass is 10.1. The number of nitro benzene ring substituents is 1. The minimum atomic E-state index is -0.539. The summed E-state index contributed by atoms with van der Waals surface area (Å²) in [7, 11) is 0. The highest BCUT2D eigenvalue weighted by Crippen LogP contribution is 2.13. The summed E-state index contributed by atoms with van der Waals surface area (Å²) in [5, 5.41) is 10.7. The third kappa shape index (κ3) is 6.87. The molecule has 3 aromatic rings. The van der Waals surface area contributed by atoms with Gasteiger partial charge >= 0.3 is 5.97 Å². The van der Waals surface area contributed by atoms with Crippen molar-refractivity contribution in [3.8, 4) is 0 Å². The number of hydrogen-bond acceptors (Lipinski definition) is 6. The third-order valence-corrected chi connectivity index (χ3v) is 4.62. The summed E-state index contributed by atoms with van der Waals surface area (Å²) in [6.45, 7) is 0.723. The second kappa shape index (κ2) is 10.8. The van der Waals surface area contributed by atoms with Crippen molar-refractivity contribution in [3.63, 3.8) is 0 Å². The fraction of sp³-hybridized carbons (Fsp3) is 0.167. The fourth-order valence-electron chi connectivity index (χ4n) is 3.08. The number of Topliss-reactive ketones (excluding diaryl/α,β-unsaturated/α-hetero) is 1. The number of benzene rings is 3. The quantitative estimate of drug-likeness (QED) is 0.214. The van der Waals surface area contributed by atoms with Gasteiger partial charge < -0.3 is 4.74 Å². The molecule has 0 unspecified atom stereocenters. The molecule has 7 heteroatoms. The van der Waals surface area contributed by atoms with Gasteiger partial charge in [0.1, 0.15) is 0 Å². The van der Waals surface area contributed by atoms with Crippen LogP contribution in [0.5, 0.6) is 0 Å². The minimum Gasteiger partial charge on any atom is -0.456 e. The molecule has 0 aromatic heterocycles. The van der Waals surface area contributed by atoms with Gasteiger partial charge in [-0.2, -0.15) is 0 Å². The number of carbonyl (C=O) groups is 2. The third-order valence-electron chi connectivity index (χ3n) is 4.62.